The Hall–Kier alpha value is -5.16. The van der Waals surface area contributed by atoms with Gasteiger partial charge in [-0.15, -0.1) is 5.10 Å². The Labute approximate surface area is 230 Å². The highest BCUT2D eigenvalue weighted by Crippen LogP contribution is 2.30. The van der Waals surface area contributed by atoms with E-state index in [-0.39, 0.29) is 17.1 Å². The zero-order valence-corrected chi connectivity index (χ0v) is 22.1. The molecule has 0 aliphatic heterocycles. The van der Waals surface area contributed by atoms with Crippen molar-refractivity contribution in [2.24, 2.45) is 0 Å². The SMILES string of the molecule is COc1ccc(-c2nn(-c3ccccc3)cc2/C=c2\sc3nc(-c4ccccc4OC(C)=O)nn3c2=O)cc1F. The second kappa shape index (κ2) is 10.2. The standard InChI is InChI=1S/C29H20FN5O4S/c1-17(36)39-23-11-7-6-10-21(23)27-31-29-35(33-27)28(37)25(40-29)15-19-16-34(20-8-4-3-5-9-20)32-26(19)18-12-13-24(38-2)22(30)14-18/h3-16H,1-2H3/b25-15-. The first-order chi connectivity index (χ1) is 19.4. The average molecular weight is 554 g/mol. The van der Waals surface area contributed by atoms with E-state index >= 15 is 0 Å². The van der Waals surface area contributed by atoms with Crippen molar-refractivity contribution in [1.82, 2.24) is 24.4 Å². The lowest BCUT2D eigenvalue weighted by atomic mass is 10.1. The third-order valence-corrected chi connectivity index (χ3v) is 7.00. The summed E-state index contributed by atoms with van der Waals surface area (Å²) in [5.74, 6) is -0.311. The van der Waals surface area contributed by atoms with Gasteiger partial charge in [0, 0.05) is 24.2 Å². The number of ether oxygens (including phenoxy) is 2. The normalized spacial score (nSPS) is 11.7. The highest BCUT2D eigenvalue weighted by atomic mass is 32.1. The molecule has 3 heterocycles. The van der Waals surface area contributed by atoms with Crippen molar-refractivity contribution in [2.45, 2.75) is 6.92 Å². The molecule has 0 unspecified atom stereocenters. The molecule has 0 fully saturated rings. The molecule has 6 rings (SSSR count). The number of aromatic nitrogens is 5. The van der Waals surface area contributed by atoms with Crippen LogP contribution in [0.15, 0.2) is 83.8 Å². The van der Waals surface area contributed by atoms with E-state index in [2.05, 4.69) is 10.1 Å². The monoisotopic (exact) mass is 553 g/mol. The Morgan fingerprint density at radius 2 is 1.77 bits per heavy atom. The Kier molecular flexibility index (Phi) is 6.40. The van der Waals surface area contributed by atoms with Gasteiger partial charge in [0.2, 0.25) is 4.96 Å². The van der Waals surface area contributed by atoms with Gasteiger partial charge in [0.15, 0.2) is 17.4 Å². The molecule has 0 spiro atoms. The van der Waals surface area contributed by atoms with Crippen molar-refractivity contribution < 1.29 is 18.7 Å². The first kappa shape index (κ1) is 25.1. The van der Waals surface area contributed by atoms with Crippen LogP contribution >= 0.6 is 11.3 Å². The van der Waals surface area contributed by atoms with Crippen LogP contribution in [-0.4, -0.2) is 37.5 Å². The van der Waals surface area contributed by atoms with Crippen LogP contribution in [0.4, 0.5) is 4.39 Å². The van der Waals surface area contributed by atoms with Gasteiger partial charge >= 0.3 is 5.97 Å². The van der Waals surface area contributed by atoms with Gasteiger partial charge in [-0.05, 0) is 48.5 Å². The Bertz CT molecular complexity index is 2000. The topological polar surface area (TPSA) is 101 Å². The van der Waals surface area contributed by atoms with Gasteiger partial charge in [0.1, 0.15) is 11.4 Å². The summed E-state index contributed by atoms with van der Waals surface area (Å²) in [6, 6.07) is 20.9. The molecule has 6 aromatic rings. The quantitative estimate of drug-likeness (QED) is 0.224. The van der Waals surface area contributed by atoms with Crippen LogP contribution in [0.3, 0.4) is 0 Å². The third kappa shape index (κ3) is 4.63. The molecule has 0 amide bonds. The van der Waals surface area contributed by atoms with Crippen LogP contribution in [0.1, 0.15) is 12.5 Å². The van der Waals surface area contributed by atoms with Crippen molar-refractivity contribution in [3.63, 3.8) is 0 Å². The number of hydrogen-bond donors (Lipinski definition) is 0. The number of carbonyl (C=O) groups excluding carboxylic acids is 1. The predicted octanol–water partition coefficient (Wildman–Crippen LogP) is 4.29. The van der Waals surface area contributed by atoms with Gasteiger partial charge in [-0.2, -0.15) is 14.6 Å². The highest BCUT2D eigenvalue weighted by Gasteiger charge is 2.18. The molecular weight excluding hydrogens is 533 g/mol. The van der Waals surface area contributed by atoms with Crippen LogP contribution < -0.4 is 19.6 Å². The molecule has 0 aliphatic rings. The van der Waals surface area contributed by atoms with Crippen molar-refractivity contribution in [1.29, 1.82) is 0 Å². The molecule has 0 saturated carbocycles. The van der Waals surface area contributed by atoms with Crippen LogP contribution in [0.5, 0.6) is 11.5 Å². The van der Waals surface area contributed by atoms with E-state index in [0.717, 1.165) is 17.0 Å². The van der Waals surface area contributed by atoms with E-state index in [0.29, 0.717) is 37.6 Å². The molecule has 0 N–H and O–H groups in total. The minimum absolute atomic E-state index is 0.121. The van der Waals surface area contributed by atoms with E-state index < -0.39 is 11.8 Å². The molecule has 3 aromatic carbocycles. The van der Waals surface area contributed by atoms with Crippen molar-refractivity contribution in [3.8, 4) is 39.8 Å². The lowest BCUT2D eigenvalue weighted by Gasteiger charge is -2.04. The summed E-state index contributed by atoms with van der Waals surface area (Å²) in [4.78, 5) is 29.7. The number of halogens is 1. The number of fused-ring (bicyclic) bond motifs is 1. The highest BCUT2D eigenvalue weighted by molar-refractivity contribution is 7.15. The molecule has 198 valence electrons. The van der Waals surface area contributed by atoms with Crippen LogP contribution in [0.25, 0.3) is 39.4 Å². The Morgan fingerprint density at radius 1 is 1.00 bits per heavy atom. The van der Waals surface area contributed by atoms with Crippen LogP contribution in [-0.2, 0) is 4.79 Å². The number of esters is 1. The van der Waals surface area contributed by atoms with Crippen molar-refractivity contribution in [2.75, 3.05) is 7.11 Å². The second-order valence-corrected chi connectivity index (χ2v) is 9.71. The molecular formula is C29H20FN5O4S. The fourth-order valence-corrected chi connectivity index (χ4v) is 5.13. The van der Waals surface area contributed by atoms with Gasteiger partial charge < -0.3 is 9.47 Å². The van der Waals surface area contributed by atoms with E-state index in [1.165, 1.54) is 30.7 Å². The zero-order valence-electron chi connectivity index (χ0n) is 21.2. The molecule has 0 saturated heterocycles. The van der Waals surface area contributed by atoms with Crippen LogP contribution in [0.2, 0.25) is 0 Å². The summed E-state index contributed by atoms with van der Waals surface area (Å²) in [5.41, 5.74) is 2.54. The number of methoxy groups -OCH3 is 1. The van der Waals surface area contributed by atoms with Crippen LogP contribution in [0, 0.1) is 5.82 Å². The molecule has 11 heteroatoms. The molecule has 0 atom stereocenters. The summed E-state index contributed by atoms with van der Waals surface area (Å²) in [6.07, 6.45) is 3.47. The minimum atomic E-state index is -0.523. The average Bonchev–Trinajstić information content (AvgIpc) is 3.64. The smallest absolute Gasteiger partial charge is 0.308 e. The first-order valence-electron chi connectivity index (χ1n) is 12.1. The van der Waals surface area contributed by atoms with Gasteiger partial charge in [0.05, 0.1) is 22.9 Å². The second-order valence-electron chi connectivity index (χ2n) is 8.70. The number of carbonyl (C=O) groups is 1. The fourth-order valence-electron chi connectivity index (χ4n) is 4.23. The van der Waals surface area contributed by atoms with E-state index in [4.69, 9.17) is 14.6 Å². The van der Waals surface area contributed by atoms with Gasteiger partial charge in [0.25, 0.3) is 5.56 Å². The summed E-state index contributed by atoms with van der Waals surface area (Å²) in [6.45, 7) is 1.31. The summed E-state index contributed by atoms with van der Waals surface area (Å²) >= 11 is 1.15. The number of nitrogens with zero attached hydrogens (tertiary/aromatic N) is 5. The maximum Gasteiger partial charge on any atom is 0.308 e. The summed E-state index contributed by atoms with van der Waals surface area (Å²) in [5, 5.41) is 9.09. The van der Waals surface area contributed by atoms with Gasteiger partial charge in [-0.25, -0.2) is 9.07 Å². The molecule has 0 aliphatic carbocycles. The van der Waals surface area contributed by atoms with Crippen molar-refractivity contribution in [3.05, 3.63) is 105 Å². The lowest BCUT2D eigenvalue weighted by molar-refractivity contribution is -0.131. The van der Waals surface area contributed by atoms with Gasteiger partial charge in [-0.1, -0.05) is 41.7 Å². The zero-order chi connectivity index (χ0) is 27.8. The predicted molar refractivity (Wildman–Crippen MR) is 148 cm³/mol. The number of thiazole rings is 1. The largest absolute Gasteiger partial charge is 0.494 e. The molecule has 3 aromatic heterocycles. The molecule has 9 nitrogen and oxygen atoms in total. The third-order valence-electron chi connectivity index (χ3n) is 6.04. The Morgan fingerprint density at radius 3 is 2.50 bits per heavy atom. The Balaban J connectivity index is 1.47. The number of para-hydroxylation sites is 2. The number of benzene rings is 3. The molecule has 40 heavy (non-hydrogen) atoms. The van der Waals surface area contributed by atoms with Gasteiger partial charge in [-0.3, -0.25) is 9.59 Å². The minimum Gasteiger partial charge on any atom is -0.494 e. The summed E-state index contributed by atoms with van der Waals surface area (Å²) in [7, 11) is 1.40. The van der Waals surface area contributed by atoms with Crippen molar-refractivity contribution >= 4 is 28.3 Å². The maximum atomic E-state index is 14.6. The lowest BCUT2D eigenvalue weighted by Crippen LogP contribution is -2.23. The number of rotatable bonds is 6. The molecule has 0 bridgehead atoms. The first-order valence-corrected chi connectivity index (χ1v) is 12.9. The maximum absolute atomic E-state index is 14.6. The van der Waals surface area contributed by atoms with E-state index in [1.54, 1.807) is 47.3 Å². The fraction of sp³-hybridized carbons (Fsp3) is 0.0690. The molecule has 0 radical (unpaired) electrons. The number of hydrogen-bond acceptors (Lipinski definition) is 8. The van der Waals surface area contributed by atoms with E-state index in [9.17, 15) is 14.0 Å². The van der Waals surface area contributed by atoms with E-state index in [1.807, 2.05) is 30.3 Å². The summed E-state index contributed by atoms with van der Waals surface area (Å²) < 4.78 is 28.2.